The molecule has 32 heavy (non-hydrogen) atoms. The van der Waals surface area contributed by atoms with Crippen molar-refractivity contribution in [3.63, 3.8) is 0 Å². The van der Waals surface area contributed by atoms with Gasteiger partial charge in [0.15, 0.2) is 10.8 Å². The summed E-state index contributed by atoms with van der Waals surface area (Å²) in [7, 11) is 1.59. The average molecular weight is 452 g/mol. The van der Waals surface area contributed by atoms with Gasteiger partial charge < -0.3 is 13.9 Å². The van der Waals surface area contributed by atoms with Crippen LogP contribution in [0.2, 0.25) is 0 Å². The number of benzene rings is 2. The third kappa shape index (κ3) is 4.73. The predicted octanol–water partition coefficient (Wildman–Crippen LogP) is 4.55. The molecule has 0 aliphatic rings. The molecule has 0 unspecified atom stereocenters. The van der Waals surface area contributed by atoms with E-state index in [9.17, 15) is 14.9 Å². The number of nitrogens with zero attached hydrogens (tertiary/aromatic N) is 3. The Balaban J connectivity index is 1.39. The van der Waals surface area contributed by atoms with Crippen LogP contribution in [0.5, 0.6) is 11.5 Å². The van der Waals surface area contributed by atoms with Crippen molar-refractivity contribution in [1.82, 2.24) is 10.2 Å². The first kappa shape index (κ1) is 21.0. The van der Waals surface area contributed by atoms with Crippen LogP contribution in [0.3, 0.4) is 0 Å². The number of nitrogens with one attached hydrogen (secondary N) is 1. The molecule has 0 radical (unpaired) electrons. The predicted molar refractivity (Wildman–Crippen MR) is 116 cm³/mol. The van der Waals surface area contributed by atoms with Gasteiger partial charge >= 0.3 is 0 Å². The summed E-state index contributed by atoms with van der Waals surface area (Å²) in [5.41, 5.74) is 0.171. The third-order valence-electron chi connectivity index (χ3n) is 4.31. The molecule has 0 aliphatic carbocycles. The molecular formula is C21H16N4O6S. The average Bonchev–Trinajstić information content (AvgIpc) is 3.48. The third-order valence-corrected chi connectivity index (χ3v) is 5.12. The molecule has 0 aliphatic heterocycles. The Morgan fingerprint density at radius 2 is 1.84 bits per heavy atom. The maximum absolute atomic E-state index is 12.5. The van der Waals surface area contributed by atoms with E-state index < -0.39 is 10.8 Å². The van der Waals surface area contributed by atoms with Crippen molar-refractivity contribution in [3.8, 4) is 22.8 Å². The van der Waals surface area contributed by atoms with Gasteiger partial charge in [0.05, 0.1) is 17.6 Å². The lowest BCUT2D eigenvalue weighted by Crippen LogP contribution is -2.10. The number of aromatic nitrogens is 2. The Morgan fingerprint density at radius 1 is 1.09 bits per heavy atom. The fourth-order valence-corrected chi connectivity index (χ4v) is 3.43. The lowest BCUT2D eigenvalue weighted by atomic mass is 10.1. The highest BCUT2D eigenvalue weighted by atomic mass is 32.1. The van der Waals surface area contributed by atoms with Gasteiger partial charge in [0, 0.05) is 6.07 Å². The first-order chi connectivity index (χ1) is 15.5. The summed E-state index contributed by atoms with van der Waals surface area (Å²) in [5, 5.41) is 22.6. The number of nitro groups is 1. The number of anilines is 1. The van der Waals surface area contributed by atoms with E-state index in [1.165, 1.54) is 18.2 Å². The van der Waals surface area contributed by atoms with Crippen LogP contribution in [0.4, 0.5) is 10.8 Å². The Bertz CT molecular complexity index is 1250. The molecule has 0 bridgehead atoms. The van der Waals surface area contributed by atoms with Crippen LogP contribution in [0.1, 0.15) is 15.6 Å². The highest BCUT2D eigenvalue weighted by molar-refractivity contribution is 7.15. The molecule has 1 N–H and O–H groups in total. The number of rotatable bonds is 8. The van der Waals surface area contributed by atoms with E-state index in [1.54, 1.807) is 49.6 Å². The van der Waals surface area contributed by atoms with E-state index in [4.69, 9.17) is 13.9 Å². The summed E-state index contributed by atoms with van der Waals surface area (Å²) >= 11 is 1.16. The molecule has 2 heterocycles. The number of carbonyl (C=O) groups is 1. The SMILES string of the molecule is COc1ccc(OCc2nnc(NC(=O)c3ccc(-c4ccccc4[N+](=O)[O-])o3)s2)cc1. The lowest BCUT2D eigenvalue weighted by Gasteiger charge is -2.04. The van der Waals surface area contributed by atoms with E-state index >= 15 is 0 Å². The van der Waals surface area contributed by atoms with Crippen LogP contribution in [-0.4, -0.2) is 28.1 Å². The summed E-state index contributed by atoms with van der Waals surface area (Å²) in [6.07, 6.45) is 0. The summed E-state index contributed by atoms with van der Waals surface area (Å²) in [6.45, 7) is 0.183. The van der Waals surface area contributed by atoms with Crippen molar-refractivity contribution in [2.24, 2.45) is 0 Å². The molecule has 1 amide bonds. The normalized spacial score (nSPS) is 10.5. The van der Waals surface area contributed by atoms with Gasteiger partial charge in [-0.05, 0) is 42.5 Å². The van der Waals surface area contributed by atoms with Gasteiger partial charge in [-0.2, -0.15) is 0 Å². The van der Waals surface area contributed by atoms with Gasteiger partial charge in [0.25, 0.3) is 11.6 Å². The quantitative estimate of drug-likeness (QED) is 0.304. The second-order valence-corrected chi connectivity index (χ2v) is 7.42. The Kier molecular flexibility index (Phi) is 6.08. The van der Waals surface area contributed by atoms with Crippen LogP contribution >= 0.6 is 11.3 Å². The highest BCUT2D eigenvalue weighted by Crippen LogP contribution is 2.31. The molecule has 0 saturated heterocycles. The molecule has 0 fully saturated rings. The molecule has 2 aromatic heterocycles. The molecule has 162 valence electrons. The van der Waals surface area contributed by atoms with Crippen LogP contribution < -0.4 is 14.8 Å². The number of amides is 1. The summed E-state index contributed by atoms with van der Waals surface area (Å²) < 4.78 is 16.3. The minimum absolute atomic E-state index is 0.00983. The molecule has 4 rings (SSSR count). The van der Waals surface area contributed by atoms with Crippen LogP contribution in [0.25, 0.3) is 11.3 Å². The van der Waals surface area contributed by atoms with E-state index in [2.05, 4.69) is 15.5 Å². The molecule has 11 heteroatoms. The lowest BCUT2D eigenvalue weighted by molar-refractivity contribution is -0.384. The number of hydrogen-bond acceptors (Lipinski definition) is 9. The van der Waals surface area contributed by atoms with E-state index in [0.29, 0.717) is 10.8 Å². The summed E-state index contributed by atoms with van der Waals surface area (Å²) in [6, 6.07) is 16.2. The number of ether oxygens (including phenoxy) is 2. The van der Waals surface area contributed by atoms with Crippen molar-refractivity contribution < 1.29 is 23.6 Å². The molecule has 0 spiro atoms. The summed E-state index contributed by atoms with van der Waals surface area (Å²) in [5.74, 6) is 1.03. The van der Waals surface area contributed by atoms with Crippen molar-refractivity contribution in [2.75, 3.05) is 12.4 Å². The number of methoxy groups -OCH3 is 1. The highest BCUT2D eigenvalue weighted by Gasteiger charge is 2.20. The minimum Gasteiger partial charge on any atom is -0.497 e. The van der Waals surface area contributed by atoms with Gasteiger partial charge in [-0.15, -0.1) is 10.2 Å². The van der Waals surface area contributed by atoms with Crippen molar-refractivity contribution in [2.45, 2.75) is 6.61 Å². The molecule has 0 atom stereocenters. The van der Waals surface area contributed by atoms with Crippen LogP contribution in [-0.2, 0) is 6.61 Å². The van der Waals surface area contributed by atoms with E-state index in [0.717, 1.165) is 17.1 Å². The van der Waals surface area contributed by atoms with Gasteiger partial charge in [-0.25, -0.2) is 0 Å². The van der Waals surface area contributed by atoms with Gasteiger partial charge in [0.1, 0.15) is 23.9 Å². The second kappa shape index (κ2) is 9.27. The van der Waals surface area contributed by atoms with E-state index in [1.807, 2.05) is 0 Å². The largest absolute Gasteiger partial charge is 0.497 e. The fraction of sp³-hybridized carbons (Fsp3) is 0.0952. The maximum Gasteiger partial charge on any atom is 0.293 e. The summed E-state index contributed by atoms with van der Waals surface area (Å²) in [4.78, 5) is 23.2. The zero-order chi connectivity index (χ0) is 22.5. The number of nitro benzene ring substituents is 1. The van der Waals surface area contributed by atoms with Crippen molar-refractivity contribution in [3.05, 3.63) is 81.5 Å². The number of hydrogen-bond donors (Lipinski definition) is 1. The van der Waals surface area contributed by atoms with Crippen LogP contribution in [0, 0.1) is 10.1 Å². The number of carbonyl (C=O) groups excluding carboxylic acids is 1. The van der Waals surface area contributed by atoms with Crippen LogP contribution in [0.15, 0.2) is 65.1 Å². The Labute approximate surface area is 185 Å². The van der Waals surface area contributed by atoms with Crippen molar-refractivity contribution >= 4 is 28.1 Å². The molecule has 4 aromatic rings. The zero-order valence-corrected chi connectivity index (χ0v) is 17.5. The Hall–Kier alpha value is -4.25. The molecular weight excluding hydrogens is 436 g/mol. The first-order valence-corrected chi connectivity index (χ1v) is 10.1. The standard InChI is InChI=1S/C21H16N4O6S/c1-29-13-6-8-14(9-7-13)30-12-19-23-24-21(32-19)22-20(26)18-11-10-17(31-18)15-4-2-3-5-16(15)25(27)28/h2-11H,12H2,1H3,(H,22,24,26). The Morgan fingerprint density at radius 3 is 2.59 bits per heavy atom. The monoisotopic (exact) mass is 452 g/mol. The van der Waals surface area contributed by atoms with Gasteiger partial charge in [-0.1, -0.05) is 23.5 Å². The van der Waals surface area contributed by atoms with Gasteiger partial charge in [-0.3, -0.25) is 20.2 Å². The number of furan rings is 1. The first-order valence-electron chi connectivity index (χ1n) is 9.27. The molecule has 10 nitrogen and oxygen atoms in total. The van der Waals surface area contributed by atoms with Gasteiger partial charge in [0.2, 0.25) is 5.13 Å². The second-order valence-electron chi connectivity index (χ2n) is 6.36. The van der Waals surface area contributed by atoms with Crippen molar-refractivity contribution in [1.29, 1.82) is 0 Å². The topological polar surface area (TPSA) is 130 Å². The molecule has 0 saturated carbocycles. The smallest absolute Gasteiger partial charge is 0.293 e. The zero-order valence-electron chi connectivity index (χ0n) is 16.7. The minimum atomic E-state index is -0.548. The molecule has 2 aromatic carbocycles. The fourth-order valence-electron chi connectivity index (χ4n) is 2.78. The maximum atomic E-state index is 12.5. The van der Waals surface area contributed by atoms with E-state index in [-0.39, 0.29) is 34.5 Å². The number of para-hydroxylation sites is 1.